The van der Waals surface area contributed by atoms with Crippen molar-refractivity contribution in [2.75, 3.05) is 0 Å². The number of nitrogens with two attached hydrogens (primary N) is 1. The summed E-state index contributed by atoms with van der Waals surface area (Å²) in [5.74, 6) is 0. The van der Waals surface area contributed by atoms with Crippen LogP contribution in [-0.2, 0) is 20.0 Å². The van der Waals surface area contributed by atoms with Gasteiger partial charge in [-0.15, -0.1) is 0 Å². The van der Waals surface area contributed by atoms with Crippen LogP contribution in [0.15, 0.2) is 34.1 Å². The van der Waals surface area contributed by atoms with E-state index >= 15 is 0 Å². The summed E-state index contributed by atoms with van der Waals surface area (Å²) < 4.78 is 49.8. The van der Waals surface area contributed by atoms with Crippen molar-refractivity contribution in [3.05, 3.63) is 24.3 Å². The molecule has 1 aromatic rings. The van der Waals surface area contributed by atoms with E-state index in [4.69, 9.17) is 5.14 Å². The lowest BCUT2D eigenvalue weighted by Crippen LogP contribution is -2.33. The minimum atomic E-state index is -4.07. The van der Waals surface area contributed by atoms with Gasteiger partial charge in [-0.2, -0.15) is 0 Å². The van der Waals surface area contributed by atoms with Crippen LogP contribution in [0.2, 0.25) is 0 Å². The van der Waals surface area contributed by atoms with Crippen LogP contribution in [0.25, 0.3) is 0 Å². The standard InChI is InChI=1S/C11H16N2O4S2/c12-18(14,15)10-7-3-4-8-11(10)19(16,17)13-9-5-1-2-6-9/h3-4,7-9,13H,1-2,5-6H2,(H2,12,14,15). The third-order valence-corrected chi connectivity index (χ3v) is 5.80. The summed E-state index contributed by atoms with van der Waals surface area (Å²) in [5, 5.41) is 5.04. The third kappa shape index (κ3) is 3.33. The molecular weight excluding hydrogens is 288 g/mol. The van der Waals surface area contributed by atoms with E-state index in [1.165, 1.54) is 24.3 Å². The first kappa shape index (κ1) is 14.4. The minimum Gasteiger partial charge on any atom is -0.225 e. The highest BCUT2D eigenvalue weighted by molar-refractivity contribution is 7.92. The second kappa shape index (κ2) is 5.20. The molecule has 106 valence electrons. The molecule has 1 aliphatic rings. The molecule has 8 heteroatoms. The smallest absolute Gasteiger partial charge is 0.225 e. The maximum Gasteiger partial charge on any atom is 0.242 e. The number of primary sulfonamides is 1. The van der Waals surface area contributed by atoms with Gasteiger partial charge in [-0.3, -0.25) is 0 Å². The van der Waals surface area contributed by atoms with Gasteiger partial charge in [0.2, 0.25) is 20.0 Å². The largest absolute Gasteiger partial charge is 0.242 e. The van der Waals surface area contributed by atoms with E-state index in [0.29, 0.717) is 0 Å². The molecule has 3 N–H and O–H groups in total. The zero-order valence-corrected chi connectivity index (χ0v) is 11.9. The van der Waals surface area contributed by atoms with Crippen molar-refractivity contribution in [2.24, 2.45) is 5.14 Å². The lowest BCUT2D eigenvalue weighted by molar-refractivity contribution is 0.548. The van der Waals surface area contributed by atoms with Crippen molar-refractivity contribution >= 4 is 20.0 Å². The molecule has 0 saturated heterocycles. The molecule has 1 fully saturated rings. The highest BCUT2D eigenvalue weighted by Gasteiger charge is 2.27. The van der Waals surface area contributed by atoms with Crippen molar-refractivity contribution < 1.29 is 16.8 Å². The van der Waals surface area contributed by atoms with Gasteiger partial charge in [0.25, 0.3) is 0 Å². The second-order valence-corrected chi connectivity index (χ2v) is 7.81. The van der Waals surface area contributed by atoms with Gasteiger partial charge in [0.15, 0.2) is 0 Å². The minimum absolute atomic E-state index is 0.126. The van der Waals surface area contributed by atoms with E-state index in [1.807, 2.05) is 0 Å². The fourth-order valence-electron chi connectivity index (χ4n) is 2.23. The lowest BCUT2D eigenvalue weighted by atomic mass is 10.3. The molecule has 0 aromatic heterocycles. The molecule has 0 radical (unpaired) electrons. The Bertz CT molecular complexity index is 662. The van der Waals surface area contributed by atoms with Crippen molar-refractivity contribution in [3.8, 4) is 0 Å². The fourth-order valence-corrected chi connectivity index (χ4v) is 4.92. The molecule has 0 heterocycles. The summed E-state index contributed by atoms with van der Waals surface area (Å²) in [6.45, 7) is 0. The molecule has 1 saturated carbocycles. The molecule has 6 nitrogen and oxygen atoms in total. The first-order chi connectivity index (χ1) is 8.81. The predicted molar refractivity (Wildman–Crippen MR) is 70.4 cm³/mol. The average Bonchev–Trinajstić information content (AvgIpc) is 2.80. The Hall–Kier alpha value is -0.960. The third-order valence-electron chi connectivity index (χ3n) is 3.12. The van der Waals surface area contributed by atoms with Crippen LogP contribution in [0.3, 0.4) is 0 Å². The number of hydrogen-bond donors (Lipinski definition) is 2. The van der Waals surface area contributed by atoms with Gasteiger partial charge in [0.1, 0.15) is 9.79 Å². The molecular formula is C11H16N2O4S2. The van der Waals surface area contributed by atoms with Gasteiger partial charge in [0.05, 0.1) is 0 Å². The molecule has 0 unspecified atom stereocenters. The number of benzene rings is 1. The molecule has 0 amide bonds. The number of hydrogen-bond acceptors (Lipinski definition) is 4. The van der Waals surface area contributed by atoms with Crippen molar-refractivity contribution in [1.29, 1.82) is 0 Å². The summed E-state index contributed by atoms with van der Waals surface area (Å²) in [6.07, 6.45) is 3.50. The number of sulfonamides is 2. The monoisotopic (exact) mass is 304 g/mol. The zero-order chi connectivity index (χ0) is 14.1. The maximum absolute atomic E-state index is 12.2. The van der Waals surface area contributed by atoms with Crippen LogP contribution in [0.1, 0.15) is 25.7 Å². The molecule has 19 heavy (non-hydrogen) atoms. The Labute approximate surface area is 113 Å². The van der Waals surface area contributed by atoms with E-state index in [0.717, 1.165) is 25.7 Å². The van der Waals surface area contributed by atoms with E-state index in [-0.39, 0.29) is 15.8 Å². The van der Waals surface area contributed by atoms with Crippen LogP contribution in [0, 0.1) is 0 Å². The summed E-state index contributed by atoms with van der Waals surface area (Å²) in [7, 11) is -7.94. The summed E-state index contributed by atoms with van der Waals surface area (Å²) in [6, 6.07) is 5.22. The normalized spacial score (nSPS) is 17.7. The van der Waals surface area contributed by atoms with Gasteiger partial charge in [-0.25, -0.2) is 26.7 Å². The molecule has 0 spiro atoms. The summed E-state index contributed by atoms with van der Waals surface area (Å²) in [4.78, 5) is -0.662. The van der Waals surface area contributed by atoms with E-state index in [9.17, 15) is 16.8 Å². The van der Waals surface area contributed by atoms with Crippen LogP contribution in [0.5, 0.6) is 0 Å². The van der Waals surface area contributed by atoms with Gasteiger partial charge in [-0.05, 0) is 25.0 Å². The van der Waals surface area contributed by atoms with E-state index < -0.39 is 20.0 Å². The molecule has 0 bridgehead atoms. The maximum atomic E-state index is 12.2. The highest BCUT2D eigenvalue weighted by Crippen LogP contribution is 2.23. The number of nitrogens with one attached hydrogen (secondary N) is 1. The first-order valence-electron chi connectivity index (χ1n) is 5.95. The SMILES string of the molecule is NS(=O)(=O)c1ccccc1S(=O)(=O)NC1CCCC1. The van der Waals surface area contributed by atoms with Gasteiger partial charge < -0.3 is 0 Å². The molecule has 0 aliphatic heterocycles. The Kier molecular flexibility index (Phi) is 3.95. The topological polar surface area (TPSA) is 106 Å². The molecule has 1 aliphatic carbocycles. The molecule has 2 rings (SSSR count). The van der Waals surface area contributed by atoms with Gasteiger partial charge >= 0.3 is 0 Å². The Morgan fingerprint density at radius 3 is 2.05 bits per heavy atom. The van der Waals surface area contributed by atoms with Gasteiger partial charge in [0, 0.05) is 6.04 Å². The predicted octanol–water partition coefficient (Wildman–Crippen LogP) is 0.555. The molecule has 0 atom stereocenters. The van der Waals surface area contributed by atoms with Crippen molar-refractivity contribution in [3.63, 3.8) is 0 Å². The van der Waals surface area contributed by atoms with Crippen LogP contribution >= 0.6 is 0 Å². The van der Waals surface area contributed by atoms with Crippen molar-refractivity contribution in [2.45, 2.75) is 41.5 Å². The zero-order valence-electron chi connectivity index (χ0n) is 10.2. The quantitative estimate of drug-likeness (QED) is 0.847. The Morgan fingerprint density at radius 2 is 1.53 bits per heavy atom. The fraction of sp³-hybridized carbons (Fsp3) is 0.455. The van der Waals surface area contributed by atoms with Crippen molar-refractivity contribution in [1.82, 2.24) is 4.72 Å². The number of rotatable bonds is 4. The summed E-state index contributed by atoms with van der Waals surface area (Å²) in [5.41, 5.74) is 0. The highest BCUT2D eigenvalue weighted by atomic mass is 32.2. The van der Waals surface area contributed by atoms with Gasteiger partial charge in [-0.1, -0.05) is 25.0 Å². The Balaban J connectivity index is 2.40. The second-order valence-electron chi connectivity index (χ2n) is 4.59. The average molecular weight is 304 g/mol. The Morgan fingerprint density at radius 1 is 1.00 bits per heavy atom. The van der Waals surface area contributed by atoms with Crippen LogP contribution < -0.4 is 9.86 Å². The summed E-state index contributed by atoms with van der Waals surface area (Å²) >= 11 is 0. The van der Waals surface area contributed by atoms with Crippen LogP contribution in [0.4, 0.5) is 0 Å². The lowest BCUT2D eigenvalue weighted by Gasteiger charge is -2.14. The van der Waals surface area contributed by atoms with Crippen LogP contribution in [-0.4, -0.2) is 22.9 Å². The van der Waals surface area contributed by atoms with E-state index in [1.54, 1.807) is 0 Å². The molecule has 1 aromatic carbocycles. The van der Waals surface area contributed by atoms with E-state index in [2.05, 4.69) is 4.72 Å². The first-order valence-corrected chi connectivity index (χ1v) is 8.98.